The van der Waals surface area contributed by atoms with Crippen molar-refractivity contribution < 1.29 is 9.59 Å². The quantitative estimate of drug-likeness (QED) is 0.825. The SMILES string of the molecule is N[C@@H]1CCN(C(=O)C2CCCCC2C(=O)N2CCCC2)C1. The molecule has 2 heterocycles. The van der Waals surface area contributed by atoms with Crippen molar-refractivity contribution in [3.05, 3.63) is 0 Å². The average molecular weight is 293 g/mol. The summed E-state index contributed by atoms with van der Waals surface area (Å²) in [4.78, 5) is 29.4. The van der Waals surface area contributed by atoms with Gasteiger partial charge in [-0.25, -0.2) is 0 Å². The van der Waals surface area contributed by atoms with Crippen LogP contribution in [0, 0.1) is 11.8 Å². The van der Waals surface area contributed by atoms with Crippen LogP contribution in [0.3, 0.4) is 0 Å². The number of hydrogen-bond donors (Lipinski definition) is 1. The Labute approximate surface area is 126 Å². The van der Waals surface area contributed by atoms with E-state index in [4.69, 9.17) is 5.73 Å². The maximum atomic E-state index is 12.8. The van der Waals surface area contributed by atoms with E-state index in [0.717, 1.165) is 64.6 Å². The predicted molar refractivity (Wildman–Crippen MR) is 80.4 cm³/mol. The number of carbonyl (C=O) groups excluding carboxylic acids is 2. The maximum Gasteiger partial charge on any atom is 0.226 e. The third-order valence-corrected chi connectivity index (χ3v) is 5.35. The Morgan fingerprint density at radius 3 is 1.86 bits per heavy atom. The molecule has 2 N–H and O–H groups in total. The molecule has 0 aromatic heterocycles. The van der Waals surface area contributed by atoms with E-state index in [2.05, 4.69) is 0 Å². The van der Waals surface area contributed by atoms with E-state index < -0.39 is 0 Å². The van der Waals surface area contributed by atoms with Gasteiger partial charge in [0.25, 0.3) is 0 Å². The first-order valence-electron chi connectivity index (χ1n) is 8.50. The number of amides is 2. The molecule has 0 spiro atoms. The van der Waals surface area contributed by atoms with E-state index in [1.54, 1.807) is 0 Å². The number of likely N-dealkylation sites (tertiary alicyclic amines) is 2. The molecule has 1 aliphatic carbocycles. The van der Waals surface area contributed by atoms with Crippen molar-refractivity contribution in [3.63, 3.8) is 0 Å². The van der Waals surface area contributed by atoms with Gasteiger partial charge in [-0.05, 0) is 32.1 Å². The van der Waals surface area contributed by atoms with Crippen molar-refractivity contribution in [1.29, 1.82) is 0 Å². The van der Waals surface area contributed by atoms with Gasteiger partial charge < -0.3 is 15.5 Å². The molecule has 0 radical (unpaired) electrons. The molecule has 2 unspecified atom stereocenters. The van der Waals surface area contributed by atoms with Crippen LogP contribution >= 0.6 is 0 Å². The van der Waals surface area contributed by atoms with Crippen LogP contribution < -0.4 is 5.73 Å². The third kappa shape index (κ3) is 3.07. The molecule has 2 amide bonds. The smallest absolute Gasteiger partial charge is 0.226 e. The maximum absolute atomic E-state index is 12.8. The van der Waals surface area contributed by atoms with Gasteiger partial charge in [-0.1, -0.05) is 12.8 Å². The van der Waals surface area contributed by atoms with Crippen LogP contribution in [0.4, 0.5) is 0 Å². The highest BCUT2D eigenvalue weighted by Crippen LogP contribution is 2.34. The summed E-state index contributed by atoms with van der Waals surface area (Å²) < 4.78 is 0. The Morgan fingerprint density at radius 2 is 1.33 bits per heavy atom. The fourth-order valence-corrected chi connectivity index (χ4v) is 4.12. The van der Waals surface area contributed by atoms with E-state index in [-0.39, 0.29) is 29.7 Å². The van der Waals surface area contributed by atoms with Crippen molar-refractivity contribution in [2.45, 2.75) is 51.0 Å². The van der Waals surface area contributed by atoms with Crippen LogP contribution in [0.1, 0.15) is 44.9 Å². The lowest BCUT2D eigenvalue weighted by molar-refractivity contribution is -0.147. The van der Waals surface area contributed by atoms with Gasteiger partial charge in [0.2, 0.25) is 11.8 Å². The van der Waals surface area contributed by atoms with Crippen molar-refractivity contribution in [2.24, 2.45) is 17.6 Å². The number of carbonyl (C=O) groups is 2. The molecule has 5 nitrogen and oxygen atoms in total. The summed E-state index contributed by atoms with van der Waals surface area (Å²) >= 11 is 0. The molecule has 1 saturated carbocycles. The minimum atomic E-state index is -0.0999. The molecule has 3 atom stereocenters. The molecule has 5 heteroatoms. The second kappa shape index (κ2) is 6.34. The second-order valence-corrected chi connectivity index (χ2v) is 6.86. The Morgan fingerprint density at radius 1 is 0.762 bits per heavy atom. The molecule has 2 saturated heterocycles. The number of nitrogens with zero attached hydrogens (tertiary/aromatic N) is 2. The summed E-state index contributed by atoms with van der Waals surface area (Å²) in [6, 6.07) is 0.116. The van der Waals surface area contributed by atoms with E-state index in [1.165, 1.54) is 0 Å². The molecule has 2 aliphatic heterocycles. The van der Waals surface area contributed by atoms with Gasteiger partial charge >= 0.3 is 0 Å². The van der Waals surface area contributed by atoms with Crippen molar-refractivity contribution in [2.75, 3.05) is 26.2 Å². The lowest BCUT2D eigenvalue weighted by atomic mass is 9.77. The number of nitrogens with two attached hydrogens (primary N) is 1. The predicted octanol–water partition coefficient (Wildman–Crippen LogP) is 0.975. The summed E-state index contributed by atoms with van der Waals surface area (Å²) in [6.45, 7) is 3.19. The molecule has 3 rings (SSSR count). The average Bonchev–Trinajstić information content (AvgIpc) is 3.17. The first-order valence-corrected chi connectivity index (χ1v) is 8.50. The monoisotopic (exact) mass is 293 g/mol. The molecule has 0 aromatic rings. The van der Waals surface area contributed by atoms with Crippen LogP contribution in [-0.2, 0) is 9.59 Å². The van der Waals surface area contributed by atoms with E-state index in [9.17, 15) is 9.59 Å². The zero-order chi connectivity index (χ0) is 14.8. The van der Waals surface area contributed by atoms with Crippen LogP contribution in [0.5, 0.6) is 0 Å². The molecule has 118 valence electrons. The Kier molecular flexibility index (Phi) is 4.48. The highest BCUT2D eigenvalue weighted by atomic mass is 16.2. The Bertz CT molecular complexity index is 406. The third-order valence-electron chi connectivity index (χ3n) is 5.35. The second-order valence-electron chi connectivity index (χ2n) is 6.86. The van der Waals surface area contributed by atoms with Crippen molar-refractivity contribution in [3.8, 4) is 0 Å². The normalized spacial score (nSPS) is 33.5. The highest BCUT2D eigenvalue weighted by Gasteiger charge is 2.41. The van der Waals surface area contributed by atoms with Crippen LogP contribution in [-0.4, -0.2) is 53.8 Å². The zero-order valence-electron chi connectivity index (χ0n) is 12.8. The molecular formula is C16H27N3O2. The molecule has 3 aliphatic rings. The summed E-state index contributed by atoms with van der Waals surface area (Å²) in [5.41, 5.74) is 5.92. The minimum Gasteiger partial charge on any atom is -0.342 e. The molecule has 3 fully saturated rings. The van der Waals surface area contributed by atoms with Crippen molar-refractivity contribution in [1.82, 2.24) is 9.80 Å². The lowest BCUT2D eigenvalue weighted by Crippen LogP contribution is -2.46. The van der Waals surface area contributed by atoms with Gasteiger partial charge in [0.15, 0.2) is 0 Å². The zero-order valence-corrected chi connectivity index (χ0v) is 12.8. The highest BCUT2D eigenvalue weighted by molar-refractivity contribution is 5.88. The van der Waals surface area contributed by atoms with Crippen molar-refractivity contribution >= 4 is 11.8 Å². The summed E-state index contributed by atoms with van der Waals surface area (Å²) in [7, 11) is 0. The van der Waals surface area contributed by atoms with Gasteiger partial charge in [0.1, 0.15) is 0 Å². The van der Waals surface area contributed by atoms with Crippen LogP contribution in [0.25, 0.3) is 0 Å². The molecular weight excluding hydrogens is 266 g/mol. The van der Waals surface area contributed by atoms with Gasteiger partial charge in [-0.15, -0.1) is 0 Å². The Hall–Kier alpha value is -1.10. The molecule has 0 aromatic carbocycles. The first-order chi connectivity index (χ1) is 10.2. The fraction of sp³-hybridized carbons (Fsp3) is 0.875. The molecule has 21 heavy (non-hydrogen) atoms. The first kappa shape index (κ1) is 14.8. The fourth-order valence-electron chi connectivity index (χ4n) is 4.12. The van der Waals surface area contributed by atoms with Gasteiger partial charge in [0.05, 0.1) is 0 Å². The number of hydrogen-bond acceptors (Lipinski definition) is 3. The van der Waals surface area contributed by atoms with Gasteiger partial charge in [-0.3, -0.25) is 9.59 Å². The largest absolute Gasteiger partial charge is 0.342 e. The number of rotatable bonds is 2. The molecule has 0 bridgehead atoms. The standard InChI is InChI=1S/C16H27N3O2/c17-12-7-10-19(11-12)16(21)14-6-2-1-5-13(14)15(20)18-8-3-4-9-18/h12-14H,1-11,17H2/t12-,13?,14?/m1/s1. The van der Waals surface area contributed by atoms with E-state index >= 15 is 0 Å². The van der Waals surface area contributed by atoms with Crippen LogP contribution in [0.15, 0.2) is 0 Å². The van der Waals surface area contributed by atoms with Crippen LogP contribution in [0.2, 0.25) is 0 Å². The lowest BCUT2D eigenvalue weighted by Gasteiger charge is -2.34. The summed E-state index contributed by atoms with van der Waals surface area (Å²) in [5.74, 6) is 0.229. The Balaban J connectivity index is 1.68. The topological polar surface area (TPSA) is 66.6 Å². The minimum absolute atomic E-state index is 0.0822. The van der Waals surface area contributed by atoms with Gasteiger partial charge in [-0.2, -0.15) is 0 Å². The summed E-state index contributed by atoms with van der Waals surface area (Å²) in [5, 5.41) is 0. The van der Waals surface area contributed by atoms with E-state index in [1.807, 2.05) is 9.80 Å². The summed E-state index contributed by atoms with van der Waals surface area (Å²) in [6.07, 6.45) is 7.01. The van der Waals surface area contributed by atoms with Gasteiger partial charge in [0, 0.05) is 44.1 Å². The van der Waals surface area contributed by atoms with E-state index in [0.29, 0.717) is 6.54 Å².